The van der Waals surface area contributed by atoms with Crippen molar-refractivity contribution in [1.29, 1.82) is 0 Å². The summed E-state index contributed by atoms with van der Waals surface area (Å²) in [6, 6.07) is 47.0. The first kappa shape index (κ1) is 23.7. The molecule has 1 aromatic heterocycles. The van der Waals surface area contributed by atoms with Crippen LogP contribution in [-0.4, -0.2) is 11.5 Å². The molecular formula is C35H27BNO2S-. The maximum Gasteiger partial charge on any atom is 0.405 e. The third-order valence-corrected chi connectivity index (χ3v) is 9.31. The van der Waals surface area contributed by atoms with Crippen LogP contribution in [0.25, 0.3) is 10.8 Å². The summed E-state index contributed by atoms with van der Waals surface area (Å²) >= 11 is 1.68. The molecule has 0 N–H and O–H groups in total. The Morgan fingerprint density at radius 1 is 0.700 bits per heavy atom. The zero-order valence-corrected chi connectivity index (χ0v) is 22.7. The van der Waals surface area contributed by atoms with Gasteiger partial charge in [-0.25, -0.2) is 0 Å². The van der Waals surface area contributed by atoms with Crippen molar-refractivity contribution < 1.29 is 9.31 Å². The van der Waals surface area contributed by atoms with Crippen LogP contribution in [0.15, 0.2) is 144 Å². The number of hydrogen-bond donors (Lipinski definition) is 0. The topological polar surface area (TPSA) is 21.7 Å². The molecule has 0 spiro atoms. The van der Waals surface area contributed by atoms with Crippen molar-refractivity contribution in [1.82, 2.24) is 4.81 Å². The average molecular weight is 536 g/mol. The third-order valence-electron chi connectivity index (χ3n) is 8.61. The van der Waals surface area contributed by atoms with Crippen LogP contribution in [0.1, 0.15) is 28.3 Å². The molecule has 1 fully saturated rings. The lowest BCUT2D eigenvalue weighted by Gasteiger charge is -2.50. The number of benzene rings is 5. The van der Waals surface area contributed by atoms with Gasteiger partial charge in [-0.2, -0.15) is 11.3 Å². The Bertz CT molecular complexity index is 1750. The molecule has 3 heterocycles. The van der Waals surface area contributed by atoms with Crippen LogP contribution in [0.5, 0.6) is 5.75 Å². The maximum absolute atomic E-state index is 7.67. The Morgan fingerprint density at radius 3 is 2.02 bits per heavy atom. The van der Waals surface area contributed by atoms with Gasteiger partial charge in [-0.1, -0.05) is 127 Å². The van der Waals surface area contributed by atoms with E-state index in [1.807, 2.05) is 0 Å². The fourth-order valence-electron chi connectivity index (χ4n) is 6.92. The smallest absolute Gasteiger partial charge is 0.405 e. The predicted molar refractivity (Wildman–Crippen MR) is 164 cm³/mol. The van der Waals surface area contributed by atoms with Crippen molar-refractivity contribution in [2.75, 3.05) is 0 Å². The molecule has 1 unspecified atom stereocenters. The van der Waals surface area contributed by atoms with Gasteiger partial charge in [-0.05, 0) is 50.8 Å². The van der Waals surface area contributed by atoms with Crippen LogP contribution in [0.2, 0.25) is 0 Å². The molecular weight excluding hydrogens is 509 g/mol. The first-order valence-electron chi connectivity index (χ1n) is 13.8. The molecule has 2 aliphatic rings. The molecule has 1 saturated heterocycles. The van der Waals surface area contributed by atoms with Crippen molar-refractivity contribution in [3.8, 4) is 5.75 Å². The number of thiophene rings is 1. The van der Waals surface area contributed by atoms with Crippen molar-refractivity contribution in [2.24, 2.45) is 0 Å². The van der Waals surface area contributed by atoms with Crippen LogP contribution >= 0.6 is 11.3 Å². The fraction of sp³-hybridized carbons (Fsp3) is 0.0857. The van der Waals surface area contributed by atoms with E-state index in [0.717, 1.165) is 22.3 Å². The van der Waals surface area contributed by atoms with Gasteiger partial charge in [0.2, 0.25) is 0 Å². The van der Waals surface area contributed by atoms with Gasteiger partial charge in [0.1, 0.15) is 0 Å². The molecule has 8 rings (SSSR count). The van der Waals surface area contributed by atoms with E-state index in [1.165, 1.54) is 21.9 Å². The molecule has 5 heteroatoms. The second-order valence-electron chi connectivity index (χ2n) is 10.7. The van der Waals surface area contributed by atoms with Crippen LogP contribution in [0.4, 0.5) is 0 Å². The van der Waals surface area contributed by atoms with Gasteiger partial charge in [0.25, 0.3) is 0 Å². The van der Waals surface area contributed by atoms with E-state index in [1.54, 1.807) is 11.3 Å². The lowest BCUT2D eigenvalue weighted by atomic mass is 9.61. The van der Waals surface area contributed by atoms with Crippen molar-refractivity contribution in [3.05, 3.63) is 166 Å². The van der Waals surface area contributed by atoms with Gasteiger partial charge in [-0.15, -0.1) is 5.46 Å². The van der Waals surface area contributed by atoms with Gasteiger partial charge in [0.15, 0.2) is 0 Å². The molecule has 6 aromatic rings. The Balaban J connectivity index is 1.46. The summed E-state index contributed by atoms with van der Waals surface area (Å²) in [5, 5.41) is 6.75. The van der Waals surface area contributed by atoms with Crippen LogP contribution < -0.4 is 10.1 Å². The predicted octanol–water partition coefficient (Wildman–Crippen LogP) is 7.66. The monoisotopic (exact) mass is 536 g/mol. The van der Waals surface area contributed by atoms with E-state index in [9.17, 15) is 0 Å². The maximum atomic E-state index is 7.67. The van der Waals surface area contributed by atoms with E-state index >= 15 is 0 Å². The highest BCUT2D eigenvalue weighted by atomic mass is 32.1. The molecule has 2 aliphatic heterocycles. The summed E-state index contributed by atoms with van der Waals surface area (Å²) in [6.07, 6.45) is 0. The number of hydrogen-bond acceptors (Lipinski definition) is 4. The molecule has 40 heavy (non-hydrogen) atoms. The molecule has 2 atom stereocenters. The fourth-order valence-corrected chi connectivity index (χ4v) is 7.64. The van der Waals surface area contributed by atoms with E-state index in [0.29, 0.717) is 6.54 Å². The molecule has 0 saturated carbocycles. The highest BCUT2D eigenvalue weighted by Crippen LogP contribution is 2.58. The van der Waals surface area contributed by atoms with Crippen LogP contribution in [0.3, 0.4) is 0 Å². The van der Waals surface area contributed by atoms with Gasteiger partial charge in [0, 0.05) is 11.6 Å². The summed E-state index contributed by atoms with van der Waals surface area (Å²) in [5.41, 5.74) is 4.87. The normalized spacial score (nSPS) is 21.4. The largest absolute Gasteiger partial charge is 0.676 e. The zero-order valence-electron chi connectivity index (χ0n) is 21.9. The molecule has 0 bridgehead atoms. The second-order valence-corrected chi connectivity index (χ2v) is 11.5. The zero-order chi connectivity index (χ0) is 26.6. The van der Waals surface area contributed by atoms with E-state index in [4.69, 9.17) is 9.31 Å². The van der Waals surface area contributed by atoms with E-state index in [2.05, 4.69) is 149 Å². The molecule has 3 nitrogen and oxygen atoms in total. The van der Waals surface area contributed by atoms with Gasteiger partial charge < -0.3 is 14.1 Å². The van der Waals surface area contributed by atoms with Gasteiger partial charge >= 0.3 is 6.69 Å². The highest BCUT2D eigenvalue weighted by molar-refractivity contribution is 7.09. The Labute approximate surface area is 238 Å². The SMILES string of the molecule is c1ccc([C@H]2N3Cc4c(ccc5ccccc45)O[B-]3(c3ccsc3)OC2(c2ccccc2)c2ccccc2)cc1. The summed E-state index contributed by atoms with van der Waals surface area (Å²) in [6.45, 7) is -1.36. The number of rotatable bonds is 4. The Morgan fingerprint density at radius 2 is 1.35 bits per heavy atom. The minimum Gasteiger partial charge on any atom is -0.676 e. The molecule has 194 valence electrons. The summed E-state index contributed by atoms with van der Waals surface area (Å²) in [4.78, 5) is 2.51. The third kappa shape index (κ3) is 3.39. The molecule has 0 radical (unpaired) electrons. The van der Waals surface area contributed by atoms with Gasteiger partial charge in [0.05, 0.1) is 11.4 Å². The van der Waals surface area contributed by atoms with E-state index < -0.39 is 12.3 Å². The molecule has 0 aliphatic carbocycles. The Hall–Kier alpha value is -4.16. The lowest BCUT2D eigenvalue weighted by molar-refractivity contribution is 0.0870. The van der Waals surface area contributed by atoms with Gasteiger partial charge in [-0.3, -0.25) is 0 Å². The minimum atomic E-state index is -2.06. The molecule has 5 aromatic carbocycles. The lowest BCUT2D eigenvalue weighted by Crippen LogP contribution is -2.66. The first-order chi connectivity index (χ1) is 19.8. The highest BCUT2D eigenvalue weighted by Gasteiger charge is 2.62. The summed E-state index contributed by atoms with van der Waals surface area (Å²) in [5.74, 6) is 0.893. The van der Waals surface area contributed by atoms with Crippen LogP contribution in [-0.2, 0) is 16.8 Å². The standard InChI is InChI=1S/C35H27BNO2S/c1-4-13-27(14-5-1)34-35(28-15-6-2-7-16-28,29-17-8-3-9-18-29)39-36(30-22-23-40-25-30)37(34)24-32-31-19-11-10-12-26(31)20-21-33(32)38-36/h1-23,25,34H,24H2/q-1/t34-,36?/m1/s1. The number of fused-ring (bicyclic) bond motifs is 4. The Kier molecular flexibility index (Phi) is 5.46. The molecule has 0 amide bonds. The quantitative estimate of drug-likeness (QED) is 0.216. The van der Waals surface area contributed by atoms with Crippen molar-refractivity contribution >= 4 is 34.3 Å². The van der Waals surface area contributed by atoms with Crippen molar-refractivity contribution in [2.45, 2.75) is 18.2 Å². The van der Waals surface area contributed by atoms with E-state index in [-0.39, 0.29) is 6.04 Å². The van der Waals surface area contributed by atoms with Crippen LogP contribution in [0, 0.1) is 0 Å². The minimum absolute atomic E-state index is 0.148. The summed E-state index contributed by atoms with van der Waals surface area (Å²) < 4.78 is 14.9. The first-order valence-corrected chi connectivity index (χ1v) is 14.7. The van der Waals surface area contributed by atoms with Crippen molar-refractivity contribution in [3.63, 3.8) is 0 Å². The summed E-state index contributed by atoms with van der Waals surface area (Å²) in [7, 11) is 0. The number of nitrogens with zero attached hydrogens (tertiary/aromatic N) is 1. The second kappa shape index (κ2) is 9.21. The average Bonchev–Trinajstić information content (AvgIpc) is 3.68.